The van der Waals surface area contributed by atoms with Gasteiger partial charge in [-0.3, -0.25) is 4.79 Å². The van der Waals surface area contributed by atoms with Crippen LogP contribution in [0.25, 0.3) is 0 Å². The number of nitriles is 1. The van der Waals surface area contributed by atoms with Crippen molar-refractivity contribution >= 4 is 11.6 Å². The Morgan fingerprint density at radius 3 is 3.15 bits per heavy atom. The molecule has 0 aromatic heterocycles. The fourth-order valence-corrected chi connectivity index (χ4v) is 2.43. The molecule has 5 nitrogen and oxygen atoms in total. The highest BCUT2D eigenvalue weighted by molar-refractivity contribution is 5.82. The number of carbonyl (C=O) groups is 1. The van der Waals surface area contributed by atoms with Gasteiger partial charge in [-0.1, -0.05) is 0 Å². The second-order valence-corrected chi connectivity index (χ2v) is 4.78. The molecule has 0 aliphatic carbocycles. The van der Waals surface area contributed by atoms with Gasteiger partial charge in [0.15, 0.2) is 0 Å². The second kappa shape index (κ2) is 6.80. The lowest BCUT2D eigenvalue weighted by atomic mass is 10.0. The molecular formula is C15H19N3O2. The van der Waals surface area contributed by atoms with E-state index in [9.17, 15) is 4.79 Å². The zero-order chi connectivity index (χ0) is 14.4. The summed E-state index contributed by atoms with van der Waals surface area (Å²) in [6.07, 6.45) is 2.39. The van der Waals surface area contributed by atoms with E-state index < -0.39 is 0 Å². The van der Waals surface area contributed by atoms with Crippen LogP contribution in [-0.4, -0.2) is 32.7 Å². The van der Waals surface area contributed by atoms with Gasteiger partial charge in [-0.25, -0.2) is 0 Å². The molecule has 1 aliphatic heterocycles. The molecule has 0 unspecified atom stereocenters. The molecule has 0 saturated heterocycles. The number of nitrogens with one attached hydrogen (secondary N) is 1. The minimum Gasteiger partial charge on any atom is -0.497 e. The third kappa shape index (κ3) is 3.41. The van der Waals surface area contributed by atoms with Crippen LogP contribution in [0.2, 0.25) is 0 Å². The number of carbonyl (C=O) groups excluding carboxylic acids is 1. The van der Waals surface area contributed by atoms with Crippen molar-refractivity contribution in [2.75, 3.05) is 31.6 Å². The monoisotopic (exact) mass is 273 g/mol. The Kier molecular flexibility index (Phi) is 4.83. The van der Waals surface area contributed by atoms with Gasteiger partial charge >= 0.3 is 0 Å². The SMILES string of the molecule is COc1ccc2c(c1)CCCN2CC(=O)NCCC#N. The Hall–Kier alpha value is -2.22. The van der Waals surface area contributed by atoms with Crippen molar-refractivity contribution in [2.45, 2.75) is 19.3 Å². The Morgan fingerprint density at radius 1 is 1.55 bits per heavy atom. The maximum atomic E-state index is 11.8. The molecule has 1 aliphatic rings. The summed E-state index contributed by atoms with van der Waals surface area (Å²) in [5.41, 5.74) is 2.33. The summed E-state index contributed by atoms with van der Waals surface area (Å²) in [6.45, 7) is 1.63. The molecule has 1 amide bonds. The average molecular weight is 273 g/mol. The summed E-state index contributed by atoms with van der Waals surface area (Å²) in [4.78, 5) is 13.9. The van der Waals surface area contributed by atoms with Crippen molar-refractivity contribution in [1.82, 2.24) is 5.32 Å². The first-order valence-electron chi connectivity index (χ1n) is 6.80. The van der Waals surface area contributed by atoms with E-state index in [-0.39, 0.29) is 5.91 Å². The maximum absolute atomic E-state index is 11.8. The van der Waals surface area contributed by atoms with Crippen molar-refractivity contribution in [3.05, 3.63) is 23.8 Å². The highest BCUT2D eigenvalue weighted by Gasteiger charge is 2.19. The standard InChI is InChI=1S/C15H19N3O2/c1-20-13-5-6-14-12(10-13)4-2-9-18(14)11-15(19)17-8-3-7-16/h5-6,10H,2-4,8-9,11H2,1H3,(H,17,19). The van der Waals surface area contributed by atoms with Crippen LogP contribution in [-0.2, 0) is 11.2 Å². The third-order valence-electron chi connectivity index (χ3n) is 3.39. The van der Waals surface area contributed by atoms with Gasteiger partial charge in [0.1, 0.15) is 5.75 Å². The van der Waals surface area contributed by atoms with E-state index in [1.54, 1.807) is 7.11 Å². The number of hydrogen-bond acceptors (Lipinski definition) is 4. The van der Waals surface area contributed by atoms with E-state index in [4.69, 9.17) is 10.00 Å². The molecule has 2 rings (SSSR count). The van der Waals surface area contributed by atoms with E-state index in [2.05, 4.69) is 10.2 Å². The Labute approximate surface area is 119 Å². The number of hydrogen-bond donors (Lipinski definition) is 1. The van der Waals surface area contributed by atoms with E-state index in [0.717, 1.165) is 30.8 Å². The maximum Gasteiger partial charge on any atom is 0.239 e. The number of benzene rings is 1. The first-order valence-corrected chi connectivity index (χ1v) is 6.80. The zero-order valence-electron chi connectivity index (χ0n) is 11.7. The van der Waals surface area contributed by atoms with Crippen LogP contribution in [0.5, 0.6) is 5.75 Å². The molecule has 20 heavy (non-hydrogen) atoms. The highest BCUT2D eigenvalue weighted by atomic mass is 16.5. The van der Waals surface area contributed by atoms with Gasteiger partial charge < -0.3 is 15.0 Å². The summed E-state index contributed by atoms with van der Waals surface area (Å²) >= 11 is 0. The van der Waals surface area contributed by atoms with Crippen LogP contribution in [0.1, 0.15) is 18.4 Å². The van der Waals surface area contributed by atoms with Crippen LogP contribution in [0.4, 0.5) is 5.69 Å². The molecule has 1 aromatic carbocycles. The molecule has 0 fully saturated rings. The van der Waals surface area contributed by atoms with Gasteiger partial charge in [-0.2, -0.15) is 5.26 Å². The Morgan fingerprint density at radius 2 is 2.40 bits per heavy atom. The molecule has 0 atom stereocenters. The molecule has 5 heteroatoms. The highest BCUT2D eigenvalue weighted by Crippen LogP contribution is 2.30. The number of ether oxygens (including phenoxy) is 1. The lowest BCUT2D eigenvalue weighted by Gasteiger charge is -2.31. The lowest BCUT2D eigenvalue weighted by molar-refractivity contribution is -0.119. The first kappa shape index (κ1) is 14.2. The third-order valence-corrected chi connectivity index (χ3v) is 3.39. The molecule has 106 valence electrons. The number of anilines is 1. The van der Waals surface area contributed by atoms with Crippen molar-refractivity contribution in [1.29, 1.82) is 5.26 Å². The van der Waals surface area contributed by atoms with Crippen molar-refractivity contribution in [2.24, 2.45) is 0 Å². The van der Waals surface area contributed by atoms with Gasteiger partial charge in [-0.05, 0) is 36.6 Å². The van der Waals surface area contributed by atoms with Crippen molar-refractivity contribution < 1.29 is 9.53 Å². The summed E-state index contributed by atoms with van der Waals surface area (Å²) in [5, 5.41) is 11.2. The smallest absolute Gasteiger partial charge is 0.239 e. The number of nitrogens with zero attached hydrogens (tertiary/aromatic N) is 2. The van der Waals surface area contributed by atoms with E-state index in [1.807, 2.05) is 24.3 Å². The number of methoxy groups -OCH3 is 1. The van der Waals surface area contributed by atoms with Gasteiger partial charge in [-0.15, -0.1) is 0 Å². The second-order valence-electron chi connectivity index (χ2n) is 4.78. The van der Waals surface area contributed by atoms with Gasteiger partial charge in [0, 0.05) is 18.8 Å². The van der Waals surface area contributed by atoms with Gasteiger partial charge in [0.25, 0.3) is 0 Å². The first-order chi connectivity index (χ1) is 9.74. The van der Waals surface area contributed by atoms with Crippen LogP contribution in [0, 0.1) is 11.3 Å². The molecule has 1 aromatic rings. The molecular weight excluding hydrogens is 254 g/mol. The minimum absolute atomic E-state index is 0.0380. The summed E-state index contributed by atoms with van der Waals surface area (Å²) in [6, 6.07) is 7.98. The minimum atomic E-state index is -0.0380. The molecule has 1 heterocycles. The zero-order valence-corrected chi connectivity index (χ0v) is 11.7. The van der Waals surface area contributed by atoms with Crippen LogP contribution in [0.3, 0.4) is 0 Å². The summed E-state index contributed by atoms with van der Waals surface area (Å²) in [5.74, 6) is 0.813. The molecule has 0 saturated carbocycles. The molecule has 0 radical (unpaired) electrons. The number of fused-ring (bicyclic) bond motifs is 1. The molecule has 1 N–H and O–H groups in total. The van der Waals surface area contributed by atoms with Crippen LogP contribution >= 0.6 is 0 Å². The van der Waals surface area contributed by atoms with E-state index >= 15 is 0 Å². The Balaban J connectivity index is 2.01. The average Bonchev–Trinajstić information content (AvgIpc) is 2.47. The van der Waals surface area contributed by atoms with Crippen molar-refractivity contribution in [3.63, 3.8) is 0 Å². The number of amides is 1. The van der Waals surface area contributed by atoms with Gasteiger partial charge in [0.05, 0.1) is 26.1 Å². The molecule has 0 bridgehead atoms. The predicted molar refractivity (Wildman–Crippen MR) is 76.8 cm³/mol. The van der Waals surface area contributed by atoms with E-state index in [0.29, 0.717) is 19.5 Å². The Bertz CT molecular complexity index is 522. The number of rotatable bonds is 5. The fourth-order valence-electron chi connectivity index (χ4n) is 2.43. The number of aryl methyl sites for hydroxylation is 1. The lowest BCUT2D eigenvalue weighted by Crippen LogP contribution is -2.40. The quantitative estimate of drug-likeness (QED) is 0.825. The summed E-state index contributed by atoms with van der Waals surface area (Å²) in [7, 11) is 1.66. The summed E-state index contributed by atoms with van der Waals surface area (Å²) < 4.78 is 5.23. The predicted octanol–water partition coefficient (Wildman–Crippen LogP) is 1.48. The van der Waals surface area contributed by atoms with E-state index in [1.165, 1.54) is 5.56 Å². The van der Waals surface area contributed by atoms with Crippen molar-refractivity contribution in [3.8, 4) is 11.8 Å². The van der Waals surface area contributed by atoms with Crippen LogP contribution in [0.15, 0.2) is 18.2 Å². The van der Waals surface area contributed by atoms with Crippen LogP contribution < -0.4 is 15.0 Å². The largest absolute Gasteiger partial charge is 0.497 e. The normalized spacial score (nSPS) is 13.3. The molecule has 0 spiro atoms. The van der Waals surface area contributed by atoms with Gasteiger partial charge in [0.2, 0.25) is 5.91 Å². The fraction of sp³-hybridized carbons (Fsp3) is 0.467. The topological polar surface area (TPSA) is 65.4 Å².